The van der Waals surface area contributed by atoms with E-state index in [1.54, 1.807) is 5.01 Å². The minimum absolute atomic E-state index is 0.0833. The first-order chi connectivity index (χ1) is 9.08. The van der Waals surface area contributed by atoms with E-state index in [1.807, 2.05) is 0 Å². The Morgan fingerprint density at radius 2 is 2.21 bits per heavy atom. The monoisotopic (exact) mass is 268 g/mol. The second-order valence-electron chi connectivity index (χ2n) is 3.86. The normalized spacial score (nSPS) is 16.0. The number of aromatic carboxylic acids is 1. The molecule has 2 N–H and O–H groups in total. The highest BCUT2D eigenvalue weighted by Crippen LogP contribution is 2.19. The van der Waals surface area contributed by atoms with Crippen molar-refractivity contribution in [2.45, 2.75) is 0 Å². The van der Waals surface area contributed by atoms with Crippen LogP contribution in [-0.4, -0.2) is 52.3 Å². The summed E-state index contributed by atoms with van der Waals surface area (Å²) in [6, 6.07) is 0.984. The van der Waals surface area contributed by atoms with Crippen LogP contribution in [0.5, 0.6) is 0 Å². The van der Waals surface area contributed by atoms with Gasteiger partial charge in [0, 0.05) is 19.2 Å². The highest BCUT2D eigenvalue weighted by atomic mass is 16.6. The number of morpholine rings is 1. The van der Waals surface area contributed by atoms with E-state index in [9.17, 15) is 14.9 Å². The zero-order chi connectivity index (χ0) is 13.8. The number of nitrogens with zero attached hydrogens (tertiary/aromatic N) is 3. The second kappa shape index (κ2) is 5.59. The number of nitro groups is 1. The van der Waals surface area contributed by atoms with Crippen molar-refractivity contribution in [2.75, 3.05) is 31.7 Å². The lowest BCUT2D eigenvalue weighted by Gasteiger charge is -2.27. The van der Waals surface area contributed by atoms with Crippen molar-refractivity contribution in [1.82, 2.24) is 9.99 Å². The van der Waals surface area contributed by atoms with Crippen LogP contribution < -0.4 is 5.43 Å². The number of hydrazine groups is 1. The minimum atomic E-state index is -1.27. The number of nitrogens with one attached hydrogen (secondary N) is 1. The number of ether oxygens (including phenoxy) is 1. The number of anilines is 1. The largest absolute Gasteiger partial charge is 0.478 e. The summed E-state index contributed by atoms with van der Waals surface area (Å²) in [6.45, 7) is 2.22. The van der Waals surface area contributed by atoms with Gasteiger partial charge in [-0.2, -0.15) is 0 Å². The molecule has 0 saturated carbocycles. The fourth-order valence-electron chi connectivity index (χ4n) is 1.63. The van der Waals surface area contributed by atoms with E-state index < -0.39 is 10.9 Å². The molecule has 0 bridgehead atoms. The molecule has 102 valence electrons. The zero-order valence-corrected chi connectivity index (χ0v) is 9.90. The lowest BCUT2D eigenvalue weighted by atomic mass is 10.2. The molecule has 19 heavy (non-hydrogen) atoms. The molecular formula is C10H12N4O5. The lowest BCUT2D eigenvalue weighted by molar-refractivity contribution is -0.385. The van der Waals surface area contributed by atoms with Gasteiger partial charge < -0.3 is 15.3 Å². The molecular weight excluding hydrogens is 256 g/mol. The Hall–Kier alpha value is -2.26. The Kier molecular flexibility index (Phi) is 3.88. The van der Waals surface area contributed by atoms with Crippen molar-refractivity contribution >= 4 is 17.5 Å². The van der Waals surface area contributed by atoms with E-state index in [0.717, 1.165) is 12.3 Å². The van der Waals surface area contributed by atoms with Crippen molar-refractivity contribution < 1.29 is 19.6 Å². The molecule has 1 aromatic rings. The fourth-order valence-corrected chi connectivity index (χ4v) is 1.63. The number of carboxylic acid groups (broad SMARTS) is 1. The summed E-state index contributed by atoms with van der Waals surface area (Å²) < 4.78 is 5.16. The molecule has 9 nitrogen and oxygen atoms in total. The number of carboxylic acids is 1. The second-order valence-corrected chi connectivity index (χ2v) is 3.86. The van der Waals surface area contributed by atoms with Gasteiger partial charge in [-0.1, -0.05) is 0 Å². The summed E-state index contributed by atoms with van der Waals surface area (Å²) in [5, 5.41) is 21.4. The van der Waals surface area contributed by atoms with Crippen LogP contribution in [0.3, 0.4) is 0 Å². The highest BCUT2D eigenvalue weighted by Gasteiger charge is 2.20. The maximum absolute atomic E-state index is 11.1. The van der Waals surface area contributed by atoms with Crippen LogP contribution in [0.25, 0.3) is 0 Å². The third-order valence-electron chi connectivity index (χ3n) is 2.59. The summed E-state index contributed by atoms with van der Waals surface area (Å²) in [5.74, 6) is -1.19. The SMILES string of the molecule is O=C(O)c1cc([N+](=O)[O-])cnc1NN1CCOCC1. The van der Waals surface area contributed by atoms with Gasteiger partial charge in [-0.05, 0) is 0 Å². The molecule has 2 heterocycles. The minimum Gasteiger partial charge on any atom is -0.478 e. The molecule has 0 spiro atoms. The molecule has 0 aliphatic carbocycles. The lowest BCUT2D eigenvalue weighted by Crippen LogP contribution is -2.40. The first-order valence-electron chi connectivity index (χ1n) is 5.55. The Morgan fingerprint density at radius 3 is 2.79 bits per heavy atom. The molecule has 1 saturated heterocycles. The maximum Gasteiger partial charge on any atom is 0.339 e. The Balaban J connectivity index is 2.23. The van der Waals surface area contributed by atoms with Crippen molar-refractivity contribution in [2.24, 2.45) is 0 Å². The van der Waals surface area contributed by atoms with Gasteiger partial charge >= 0.3 is 5.97 Å². The van der Waals surface area contributed by atoms with E-state index in [1.165, 1.54) is 0 Å². The third kappa shape index (κ3) is 3.14. The van der Waals surface area contributed by atoms with Gasteiger partial charge in [0.2, 0.25) is 0 Å². The first kappa shape index (κ1) is 13.2. The predicted octanol–water partition coefficient (Wildman–Crippen LogP) is 0.347. The van der Waals surface area contributed by atoms with Crippen LogP contribution >= 0.6 is 0 Å². The Labute approximate surface area is 107 Å². The van der Waals surface area contributed by atoms with Gasteiger partial charge in [0.05, 0.1) is 18.1 Å². The number of carbonyl (C=O) groups is 1. The predicted molar refractivity (Wildman–Crippen MR) is 63.9 cm³/mol. The third-order valence-corrected chi connectivity index (χ3v) is 2.59. The standard InChI is InChI=1S/C10H12N4O5/c15-10(16)8-5-7(14(17)18)6-11-9(8)12-13-1-3-19-4-2-13/h5-6H,1-4H2,(H,11,12)(H,15,16). The van der Waals surface area contributed by atoms with Crippen molar-refractivity contribution in [3.8, 4) is 0 Å². The molecule has 2 rings (SSSR count). The van der Waals surface area contributed by atoms with Crippen LogP contribution in [0.4, 0.5) is 11.5 Å². The van der Waals surface area contributed by atoms with Crippen molar-refractivity contribution in [1.29, 1.82) is 0 Å². The van der Waals surface area contributed by atoms with Crippen LogP contribution in [0, 0.1) is 10.1 Å². The summed E-state index contributed by atoms with van der Waals surface area (Å²) >= 11 is 0. The highest BCUT2D eigenvalue weighted by molar-refractivity contribution is 5.93. The van der Waals surface area contributed by atoms with Crippen molar-refractivity contribution in [3.63, 3.8) is 0 Å². The topological polar surface area (TPSA) is 118 Å². The van der Waals surface area contributed by atoms with Crippen LogP contribution in [0.15, 0.2) is 12.3 Å². The van der Waals surface area contributed by atoms with Crippen molar-refractivity contribution in [3.05, 3.63) is 27.9 Å². The van der Waals surface area contributed by atoms with E-state index in [2.05, 4.69) is 10.4 Å². The maximum atomic E-state index is 11.1. The van der Waals surface area contributed by atoms with Gasteiger partial charge in [0.1, 0.15) is 11.8 Å². The quantitative estimate of drug-likeness (QED) is 0.593. The molecule has 9 heteroatoms. The van der Waals surface area contributed by atoms with Crippen LogP contribution in [0.2, 0.25) is 0 Å². The van der Waals surface area contributed by atoms with E-state index in [-0.39, 0.29) is 17.1 Å². The van der Waals surface area contributed by atoms with Gasteiger partial charge in [0.25, 0.3) is 5.69 Å². The number of pyridine rings is 1. The number of rotatable bonds is 4. The number of hydrogen-bond donors (Lipinski definition) is 2. The molecule has 0 radical (unpaired) electrons. The van der Waals surface area contributed by atoms with Gasteiger partial charge in [-0.25, -0.2) is 14.8 Å². The van der Waals surface area contributed by atoms with Gasteiger partial charge in [-0.15, -0.1) is 0 Å². The van der Waals surface area contributed by atoms with Gasteiger partial charge in [0.15, 0.2) is 5.82 Å². The fraction of sp³-hybridized carbons (Fsp3) is 0.400. The first-order valence-corrected chi connectivity index (χ1v) is 5.55. The number of aromatic nitrogens is 1. The van der Waals surface area contributed by atoms with Gasteiger partial charge in [-0.3, -0.25) is 10.1 Å². The Morgan fingerprint density at radius 1 is 1.53 bits per heavy atom. The summed E-state index contributed by atoms with van der Waals surface area (Å²) in [7, 11) is 0. The van der Waals surface area contributed by atoms with Crippen LogP contribution in [0.1, 0.15) is 10.4 Å². The van der Waals surface area contributed by atoms with E-state index in [4.69, 9.17) is 9.84 Å². The molecule has 1 fully saturated rings. The average Bonchev–Trinajstić information content (AvgIpc) is 2.39. The molecule has 0 amide bonds. The molecule has 1 aliphatic rings. The molecule has 0 unspecified atom stereocenters. The summed E-state index contributed by atoms with van der Waals surface area (Å²) in [4.78, 5) is 24.8. The van der Waals surface area contributed by atoms with E-state index >= 15 is 0 Å². The summed E-state index contributed by atoms with van der Waals surface area (Å²) in [6.07, 6.45) is 1.02. The zero-order valence-electron chi connectivity index (χ0n) is 9.90. The molecule has 0 atom stereocenters. The van der Waals surface area contributed by atoms with E-state index in [0.29, 0.717) is 26.3 Å². The molecule has 1 aliphatic heterocycles. The molecule has 1 aromatic heterocycles. The Bertz CT molecular complexity index is 501. The molecule has 0 aromatic carbocycles. The van der Waals surface area contributed by atoms with Crippen LogP contribution in [-0.2, 0) is 4.74 Å². The smallest absolute Gasteiger partial charge is 0.339 e. The summed E-state index contributed by atoms with van der Waals surface area (Å²) in [5.41, 5.74) is 2.24. The average molecular weight is 268 g/mol. The number of hydrogen-bond acceptors (Lipinski definition) is 7.